The van der Waals surface area contributed by atoms with Gasteiger partial charge in [-0.25, -0.2) is 0 Å². The zero-order valence-corrected chi connectivity index (χ0v) is 11.0. The first-order chi connectivity index (χ1) is 9.58. The summed E-state index contributed by atoms with van der Waals surface area (Å²) in [4.78, 5) is 10.6. The molecule has 4 heteroatoms. The molecule has 0 atom stereocenters. The normalized spacial score (nSPS) is 9.80. The van der Waals surface area contributed by atoms with Crippen LogP contribution in [0.2, 0.25) is 0 Å². The number of aryl methyl sites for hydroxylation is 1. The predicted octanol–water partition coefficient (Wildman–Crippen LogP) is 3.29. The smallest absolute Gasteiger partial charge is 0.307 e. The van der Waals surface area contributed by atoms with Crippen molar-refractivity contribution < 1.29 is 14.6 Å². The van der Waals surface area contributed by atoms with Gasteiger partial charge in [-0.3, -0.25) is 4.79 Å². The van der Waals surface area contributed by atoms with E-state index in [2.05, 4.69) is 6.07 Å². The summed E-state index contributed by atoms with van der Waals surface area (Å²) in [6.07, 6.45) is -0.0196. The maximum Gasteiger partial charge on any atom is 0.307 e. The highest BCUT2D eigenvalue weighted by atomic mass is 16.5. The van der Waals surface area contributed by atoms with Gasteiger partial charge in [0.15, 0.2) is 0 Å². The van der Waals surface area contributed by atoms with E-state index in [1.807, 2.05) is 13.0 Å². The number of aliphatic carboxylic acids is 1. The van der Waals surface area contributed by atoms with Crippen LogP contribution < -0.4 is 4.74 Å². The van der Waals surface area contributed by atoms with E-state index in [0.29, 0.717) is 22.6 Å². The van der Waals surface area contributed by atoms with Gasteiger partial charge in [0.25, 0.3) is 0 Å². The lowest BCUT2D eigenvalue weighted by Crippen LogP contribution is -1.99. The number of carboxylic acids is 1. The molecule has 0 aliphatic carbocycles. The van der Waals surface area contributed by atoms with Gasteiger partial charge < -0.3 is 9.84 Å². The fourth-order valence-corrected chi connectivity index (χ4v) is 1.80. The van der Waals surface area contributed by atoms with Gasteiger partial charge in [-0.15, -0.1) is 0 Å². The summed E-state index contributed by atoms with van der Waals surface area (Å²) in [6, 6.07) is 14.3. The van der Waals surface area contributed by atoms with Crippen LogP contribution in [0.25, 0.3) is 0 Å². The number of ether oxygens (including phenoxy) is 1. The molecule has 0 spiro atoms. The molecular weight excluding hydrogens is 254 g/mol. The lowest BCUT2D eigenvalue weighted by atomic mass is 10.1. The van der Waals surface area contributed by atoms with Crippen LogP contribution in [-0.2, 0) is 11.2 Å². The Kier molecular flexibility index (Phi) is 4.02. The average molecular weight is 267 g/mol. The zero-order valence-electron chi connectivity index (χ0n) is 11.0. The fraction of sp³-hybridized carbons (Fsp3) is 0.125. The third kappa shape index (κ3) is 3.36. The van der Waals surface area contributed by atoms with Crippen LogP contribution >= 0.6 is 0 Å². The molecule has 0 amide bonds. The fourth-order valence-electron chi connectivity index (χ4n) is 1.80. The number of carbonyl (C=O) groups is 1. The van der Waals surface area contributed by atoms with E-state index < -0.39 is 5.97 Å². The zero-order chi connectivity index (χ0) is 14.5. The Hall–Kier alpha value is -2.80. The van der Waals surface area contributed by atoms with Gasteiger partial charge in [0.05, 0.1) is 12.0 Å². The van der Waals surface area contributed by atoms with Crippen molar-refractivity contribution in [2.24, 2.45) is 0 Å². The SMILES string of the molecule is Cc1ccc(Oc2ccc(CC(=O)O)cc2)c(C#N)c1. The molecule has 0 radical (unpaired) electrons. The molecule has 0 aliphatic rings. The lowest BCUT2D eigenvalue weighted by molar-refractivity contribution is -0.136. The van der Waals surface area contributed by atoms with Crippen LogP contribution in [0.5, 0.6) is 11.5 Å². The van der Waals surface area contributed by atoms with Crippen LogP contribution in [0.15, 0.2) is 42.5 Å². The van der Waals surface area contributed by atoms with Gasteiger partial charge in [0.2, 0.25) is 0 Å². The number of hydrogen-bond acceptors (Lipinski definition) is 3. The molecular formula is C16H13NO3. The van der Waals surface area contributed by atoms with E-state index in [-0.39, 0.29) is 6.42 Å². The Morgan fingerprint density at radius 1 is 1.25 bits per heavy atom. The molecule has 0 aliphatic heterocycles. The number of hydrogen-bond donors (Lipinski definition) is 1. The minimum atomic E-state index is -0.871. The monoisotopic (exact) mass is 267 g/mol. The largest absolute Gasteiger partial charge is 0.481 e. The highest BCUT2D eigenvalue weighted by molar-refractivity contribution is 5.70. The molecule has 2 rings (SSSR count). The summed E-state index contributed by atoms with van der Waals surface area (Å²) in [5.74, 6) is 0.188. The van der Waals surface area contributed by atoms with Crippen molar-refractivity contribution in [3.05, 3.63) is 59.2 Å². The van der Waals surface area contributed by atoms with Crippen molar-refractivity contribution in [1.29, 1.82) is 5.26 Å². The summed E-state index contributed by atoms with van der Waals surface area (Å²) in [5, 5.41) is 17.8. The highest BCUT2D eigenvalue weighted by Crippen LogP contribution is 2.26. The Bertz CT molecular complexity index is 669. The van der Waals surface area contributed by atoms with Gasteiger partial charge in [0, 0.05) is 0 Å². The molecule has 0 saturated heterocycles. The van der Waals surface area contributed by atoms with Crippen molar-refractivity contribution in [2.45, 2.75) is 13.3 Å². The van der Waals surface area contributed by atoms with Crippen LogP contribution in [0.3, 0.4) is 0 Å². The minimum Gasteiger partial charge on any atom is -0.481 e. The van der Waals surface area contributed by atoms with Crippen molar-refractivity contribution in [3.8, 4) is 17.6 Å². The maximum absolute atomic E-state index is 10.6. The van der Waals surface area contributed by atoms with E-state index >= 15 is 0 Å². The van der Waals surface area contributed by atoms with Crippen LogP contribution in [0.1, 0.15) is 16.7 Å². The van der Waals surface area contributed by atoms with Crippen molar-refractivity contribution in [3.63, 3.8) is 0 Å². The summed E-state index contributed by atoms with van der Waals surface area (Å²) in [7, 11) is 0. The van der Waals surface area contributed by atoms with Crippen LogP contribution in [0, 0.1) is 18.3 Å². The number of nitriles is 1. The number of rotatable bonds is 4. The lowest BCUT2D eigenvalue weighted by Gasteiger charge is -2.08. The second-order valence-corrected chi connectivity index (χ2v) is 4.43. The van der Waals surface area contributed by atoms with Crippen molar-refractivity contribution in [1.82, 2.24) is 0 Å². The molecule has 0 saturated carbocycles. The molecule has 1 N–H and O–H groups in total. The predicted molar refractivity (Wildman–Crippen MR) is 73.7 cm³/mol. The van der Waals surface area contributed by atoms with Gasteiger partial charge >= 0.3 is 5.97 Å². The number of nitrogens with zero attached hydrogens (tertiary/aromatic N) is 1. The van der Waals surface area contributed by atoms with Crippen molar-refractivity contribution >= 4 is 5.97 Å². The van der Waals surface area contributed by atoms with Crippen LogP contribution in [-0.4, -0.2) is 11.1 Å². The molecule has 0 unspecified atom stereocenters. The quantitative estimate of drug-likeness (QED) is 0.922. The average Bonchev–Trinajstić information content (AvgIpc) is 2.42. The van der Waals surface area contributed by atoms with Gasteiger partial charge in [-0.1, -0.05) is 18.2 Å². The molecule has 2 aromatic carbocycles. The first kappa shape index (κ1) is 13.6. The molecule has 0 aromatic heterocycles. The topological polar surface area (TPSA) is 70.3 Å². The second-order valence-electron chi connectivity index (χ2n) is 4.43. The van der Waals surface area contributed by atoms with Gasteiger partial charge in [-0.2, -0.15) is 5.26 Å². The maximum atomic E-state index is 10.6. The van der Waals surface area contributed by atoms with E-state index in [1.54, 1.807) is 36.4 Å². The van der Waals surface area contributed by atoms with Crippen molar-refractivity contribution in [2.75, 3.05) is 0 Å². The van der Waals surface area contributed by atoms with Gasteiger partial charge in [-0.05, 0) is 42.3 Å². The summed E-state index contributed by atoms with van der Waals surface area (Å²) >= 11 is 0. The third-order valence-electron chi connectivity index (χ3n) is 2.76. The second kappa shape index (κ2) is 5.89. The number of carboxylic acid groups (broad SMARTS) is 1. The Labute approximate surface area is 116 Å². The first-order valence-electron chi connectivity index (χ1n) is 6.08. The molecule has 0 bridgehead atoms. The standard InChI is InChI=1S/C16H13NO3/c1-11-2-7-15(13(8-11)10-17)20-14-5-3-12(4-6-14)9-16(18)19/h2-8H,9H2,1H3,(H,18,19). The molecule has 0 heterocycles. The summed E-state index contributed by atoms with van der Waals surface area (Å²) in [6.45, 7) is 1.91. The Balaban J connectivity index is 2.18. The summed E-state index contributed by atoms with van der Waals surface area (Å²) in [5.41, 5.74) is 2.17. The molecule has 100 valence electrons. The van der Waals surface area contributed by atoms with Crippen LogP contribution in [0.4, 0.5) is 0 Å². The molecule has 2 aromatic rings. The van der Waals surface area contributed by atoms with E-state index in [1.165, 1.54) is 0 Å². The minimum absolute atomic E-state index is 0.0196. The highest BCUT2D eigenvalue weighted by Gasteiger charge is 2.06. The van der Waals surface area contributed by atoms with E-state index in [9.17, 15) is 4.79 Å². The summed E-state index contributed by atoms with van der Waals surface area (Å²) < 4.78 is 5.65. The number of benzene rings is 2. The molecule has 20 heavy (non-hydrogen) atoms. The Morgan fingerprint density at radius 3 is 2.55 bits per heavy atom. The van der Waals surface area contributed by atoms with E-state index in [0.717, 1.165) is 5.56 Å². The first-order valence-corrected chi connectivity index (χ1v) is 6.08. The molecule has 4 nitrogen and oxygen atoms in total. The van der Waals surface area contributed by atoms with Gasteiger partial charge in [0.1, 0.15) is 17.6 Å². The van der Waals surface area contributed by atoms with E-state index in [4.69, 9.17) is 15.1 Å². The molecule has 0 fully saturated rings. The third-order valence-corrected chi connectivity index (χ3v) is 2.76. The Morgan fingerprint density at radius 2 is 1.95 bits per heavy atom.